The van der Waals surface area contributed by atoms with Gasteiger partial charge in [0.1, 0.15) is 0 Å². The summed E-state index contributed by atoms with van der Waals surface area (Å²) < 4.78 is 0. The lowest BCUT2D eigenvalue weighted by atomic mass is 9.66. The van der Waals surface area contributed by atoms with E-state index in [1.165, 1.54) is 88.7 Å². The van der Waals surface area contributed by atoms with Gasteiger partial charge in [-0.15, -0.1) is 0 Å². The number of hydrogen-bond donors (Lipinski definition) is 0. The van der Waals surface area contributed by atoms with E-state index in [0.29, 0.717) is 0 Å². The highest BCUT2D eigenvalue weighted by Gasteiger charge is 2.50. The van der Waals surface area contributed by atoms with Gasteiger partial charge < -0.3 is 4.90 Å². The minimum absolute atomic E-state index is 0.557. The zero-order valence-corrected chi connectivity index (χ0v) is 36.9. The molecule has 11 aromatic rings. The van der Waals surface area contributed by atoms with Crippen molar-refractivity contribution in [1.29, 1.82) is 0 Å². The second-order valence-corrected chi connectivity index (χ2v) is 17.8. The van der Waals surface area contributed by atoms with Crippen molar-refractivity contribution in [3.05, 3.63) is 317 Å². The molecule has 0 bridgehead atoms. The maximum Gasteiger partial charge on any atom is 0.0719 e. The van der Waals surface area contributed by atoms with Gasteiger partial charge in [-0.05, 0) is 102 Å². The highest BCUT2D eigenvalue weighted by atomic mass is 15.1. The summed E-state index contributed by atoms with van der Waals surface area (Å²) in [5.74, 6) is 0. The van der Waals surface area contributed by atoms with Crippen molar-refractivity contribution in [1.82, 2.24) is 0 Å². The number of anilines is 3. The molecule has 0 N–H and O–H groups in total. The predicted molar refractivity (Wildman–Crippen MR) is 279 cm³/mol. The smallest absolute Gasteiger partial charge is 0.0719 e. The fourth-order valence-electron chi connectivity index (χ4n) is 12.1. The molecule has 13 rings (SSSR count). The number of para-hydroxylation sites is 1. The summed E-state index contributed by atoms with van der Waals surface area (Å²) >= 11 is 0. The first-order chi connectivity index (χ1) is 33.3. The molecule has 0 amide bonds. The highest BCUT2D eigenvalue weighted by molar-refractivity contribution is 6.17. The van der Waals surface area contributed by atoms with E-state index in [0.717, 1.165) is 17.1 Å². The molecule has 0 radical (unpaired) electrons. The van der Waals surface area contributed by atoms with E-state index in [1.807, 2.05) is 0 Å². The molecule has 0 fully saturated rings. The second-order valence-electron chi connectivity index (χ2n) is 17.8. The molecule has 0 spiro atoms. The minimum Gasteiger partial charge on any atom is -0.309 e. The van der Waals surface area contributed by atoms with E-state index in [9.17, 15) is 0 Å². The SMILES string of the molecule is c1ccc(-c2c3c(c4ccccc4c2N(c2ccccc2)c2ccc4c(c2)C(c2ccccc2)(c2ccccc2)c2ccccc2-4)C(c2ccccc2)(c2ccccc2)c2ccccc2-3)cc1. The summed E-state index contributed by atoms with van der Waals surface area (Å²) in [5.41, 5.74) is 19.8. The van der Waals surface area contributed by atoms with Crippen molar-refractivity contribution in [2.45, 2.75) is 10.8 Å². The zero-order chi connectivity index (χ0) is 44.4. The molecule has 0 unspecified atom stereocenters. The molecule has 2 aliphatic rings. The van der Waals surface area contributed by atoms with Crippen molar-refractivity contribution in [3.8, 4) is 33.4 Å². The van der Waals surface area contributed by atoms with Gasteiger partial charge in [0.25, 0.3) is 0 Å². The summed E-state index contributed by atoms with van der Waals surface area (Å²) in [6.07, 6.45) is 0. The molecule has 0 aliphatic heterocycles. The van der Waals surface area contributed by atoms with Gasteiger partial charge in [0.05, 0.1) is 16.5 Å². The Morgan fingerprint density at radius 3 is 1.25 bits per heavy atom. The Balaban J connectivity index is 1.19. The van der Waals surface area contributed by atoms with E-state index in [4.69, 9.17) is 0 Å². The molecule has 0 atom stereocenters. The molecule has 314 valence electrons. The van der Waals surface area contributed by atoms with Crippen LogP contribution in [0.15, 0.2) is 273 Å². The van der Waals surface area contributed by atoms with E-state index < -0.39 is 10.8 Å². The van der Waals surface area contributed by atoms with Crippen LogP contribution in [-0.4, -0.2) is 0 Å². The van der Waals surface area contributed by atoms with Gasteiger partial charge in [-0.25, -0.2) is 0 Å². The largest absolute Gasteiger partial charge is 0.309 e. The summed E-state index contributed by atoms with van der Waals surface area (Å²) in [6.45, 7) is 0. The van der Waals surface area contributed by atoms with Gasteiger partial charge in [-0.3, -0.25) is 0 Å². The van der Waals surface area contributed by atoms with Crippen molar-refractivity contribution < 1.29 is 0 Å². The normalized spacial score (nSPS) is 13.6. The predicted octanol–water partition coefficient (Wildman–Crippen LogP) is 16.7. The molecular weight excluding hydrogens is 807 g/mol. The molecule has 0 heterocycles. The van der Waals surface area contributed by atoms with Crippen molar-refractivity contribution in [2.75, 3.05) is 4.90 Å². The monoisotopic (exact) mass is 851 g/mol. The minimum atomic E-state index is -0.599. The lowest BCUT2D eigenvalue weighted by Gasteiger charge is -2.37. The van der Waals surface area contributed by atoms with Crippen molar-refractivity contribution >= 4 is 27.8 Å². The highest BCUT2D eigenvalue weighted by Crippen LogP contribution is 2.64. The molecule has 0 saturated heterocycles. The van der Waals surface area contributed by atoms with E-state index in [1.54, 1.807) is 0 Å². The van der Waals surface area contributed by atoms with Crippen LogP contribution in [0.2, 0.25) is 0 Å². The van der Waals surface area contributed by atoms with Crippen LogP contribution < -0.4 is 4.90 Å². The van der Waals surface area contributed by atoms with E-state index in [2.05, 4.69) is 278 Å². The summed E-state index contributed by atoms with van der Waals surface area (Å²) in [6, 6.07) is 101. The Hall–Kier alpha value is -8.52. The molecule has 1 heteroatoms. The fourth-order valence-corrected chi connectivity index (χ4v) is 12.1. The van der Waals surface area contributed by atoms with E-state index in [-0.39, 0.29) is 0 Å². The van der Waals surface area contributed by atoms with E-state index >= 15 is 0 Å². The van der Waals surface area contributed by atoms with Gasteiger partial charge in [0.2, 0.25) is 0 Å². The Morgan fingerprint density at radius 1 is 0.269 bits per heavy atom. The van der Waals surface area contributed by atoms with Crippen LogP contribution in [0.4, 0.5) is 17.1 Å². The lowest BCUT2D eigenvalue weighted by molar-refractivity contribution is 0.768. The van der Waals surface area contributed by atoms with Crippen LogP contribution in [-0.2, 0) is 10.8 Å². The summed E-state index contributed by atoms with van der Waals surface area (Å²) in [5, 5.41) is 2.42. The van der Waals surface area contributed by atoms with Crippen LogP contribution in [0.1, 0.15) is 44.5 Å². The average Bonchev–Trinajstić information content (AvgIpc) is 3.89. The summed E-state index contributed by atoms with van der Waals surface area (Å²) in [4.78, 5) is 2.56. The molecule has 0 saturated carbocycles. The lowest BCUT2D eigenvalue weighted by Crippen LogP contribution is -2.29. The van der Waals surface area contributed by atoms with Crippen LogP contribution >= 0.6 is 0 Å². The third-order valence-electron chi connectivity index (χ3n) is 14.6. The molecular formula is C66H45N. The Kier molecular flexibility index (Phi) is 9.05. The van der Waals surface area contributed by atoms with Crippen molar-refractivity contribution in [3.63, 3.8) is 0 Å². The molecule has 67 heavy (non-hydrogen) atoms. The van der Waals surface area contributed by atoms with Crippen LogP contribution in [0.25, 0.3) is 44.2 Å². The Bertz CT molecular complexity index is 3520. The Labute approximate surface area is 392 Å². The van der Waals surface area contributed by atoms with Gasteiger partial charge in [-0.2, -0.15) is 0 Å². The molecule has 11 aromatic carbocycles. The number of hydrogen-bond acceptors (Lipinski definition) is 1. The standard InChI is InChI=1S/C66H45N/c1-7-25-46(26-8-1)61-62-57-40-22-24-42-59(57)66(49-31-13-4-14-32-49,50-33-15-5-16-34-50)63(62)55-38-19-20-39-56(55)64(61)67(51-35-17-6-18-36-51)52-43-44-54-53-37-21-23-41-58(53)65(60(54)45-52,47-27-9-2-10-28-47)48-29-11-3-12-30-48/h1-45H. The van der Waals surface area contributed by atoms with Gasteiger partial charge in [0, 0.05) is 22.3 Å². The zero-order valence-electron chi connectivity index (χ0n) is 36.9. The first kappa shape index (κ1) is 38.9. The number of nitrogens with zero attached hydrogens (tertiary/aromatic N) is 1. The molecule has 1 nitrogen and oxygen atoms in total. The third-order valence-corrected chi connectivity index (χ3v) is 14.6. The number of fused-ring (bicyclic) bond motifs is 8. The second kappa shape index (κ2) is 15.6. The van der Waals surface area contributed by atoms with Crippen LogP contribution in [0.3, 0.4) is 0 Å². The van der Waals surface area contributed by atoms with Crippen LogP contribution in [0.5, 0.6) is 0 Å². The first-order valence-electron chi connectivity index (χ1n) is 23.4. The van der Waals surface area contributed by atoms with Gasteiger partial charge >= 0.3 is 0 Å². The molecule has 0 aromatic heterocycles. The average molecular weight is 852 g/mol. The van der Waals surface area contributed by atoms with Gasteiger partial charge in [0.15, 0.2) is 0 Å². The Morgan fingerprint density at radius 2 is 0.687 bits per heavy atom. The third kappa shape index (κ3) is 5.62. The molecule has 2 aliphatic carbocycles. The number of benzene rings is 11. The van der Waals surface area contributed by atoms with Crippen LogP contribution in [0, 0.1) is 0 Å². The van der Waals surface area contributed by atoms with Crippen molar-refractivity contribution in [2.24, 2.45) is 0 Å². The maximum absolute atomic E-state index is 2.56. The fraction of sp³-hybridized carbons (Fsp3) is 0.0303. The number of rotatable bonds is 8. The topological polar surface area (TPSA) is 3.24 Å². The summed E-state index contributed by atoms with van der Waals surface area (Å²) in [7, 11) is 0. The first-order valence-corrected chi connectivity index (χ1v) is 23.4. The maximum atomic E-state index is 2.56. The quantitative estimate of drug-likeness (QED) is 0.147. The van der Waals surface area contributed by atoms with Gasteiger partial charge in [-0.1, -0.05) is 249 Å².